The highest BCUT2D eigenvalue weighted by Crippen LogP contribution is 2.33. The fraction of sp³-hybridized carbons (Fsp3) is 0.375. The van der Waals surface area contributed by atoms with Crippen LogP contribution in [0.15, 0.2) is 24.4 Å². The quantitative estimate of drug-likeness (QED) is 0.767. The zero-order valence-corrected chi connectivity index (χ0v) is 12.8. The van der Waals surface area contributed by atoms with Gasteiger partial charge in [-0.1, -0.05) is 13.8 Å². The predicted molar refractivity (Wildman–Crippen MR) is 81.0 cm³/mol. The molecule has 0 bridgehead atoms. The third kappa shape index (κ3) is 3.24. The van der Waals surface area contributed by atoms with Gasteiger partial charge in [0.2, 0.25) is 0 Å². The molecule has 0 amide bonds. The molecular formula is C16H20N2O3. The summed E-state index contributed by atoms with van der Waals surface area (Å²) in [6.07, 6.45) is 2.59. The van der Waals surface area contributed by atoms with Crippen LogP contribution < -0.4 is 9.47 Å². The molecule has 2 rings (SSSR count). The molecule has 0 saturated heterocycles. The van der Waals surface area contributed by atoms with Crippen LogP contribution in [0.3, 0.4) is 0 Å². The van der Waals surface area contributed by atoms with Gasteiger partial charge in [0.15, 0.2) is 6.29 Å². The molecule has 112 valence electrons. The Morgan fingerprint density at radius 2 is 2.05 bits per heavy atom. The minimum Gasteiger partial charge on any atom is -0.497 e. The highest BCUT2D eigenvalue weighted by Gasteiger charge is 2.16. The predicted octanol–water partition coefficient (Wildman–Crippen LogP) is 3.04. The second-order valence-corrected chi connectivity index (χ2v) is 5.23. The summed E-state index contributed by atoms with van der Waals surface area (Å²) in [5, 5.41) is 4.52. The van der Waals surface area contributed by atoms with Crippen LogP contribution in [0.25, 0.3) is 11.3 Å². The number of ether oxygens (including phenoxy) is 2. The van der Waals surface area contributed by atoms with Crippen molar-refractivity contribution in [3.63, 3.8) is 0 Å². The number of aldehydes is 1. The monoisotopic (exact) mass is 288 g/mol. The van der Waals surface area contributed by atoms with Crippen LogP contribution >= 0.6 is 0 Å². The van der Waals surface area contributed by atoms with Crippen molar-refractivity contribution in [3.8, 4) is 22.8 Å². The van der Waals surface area contributed by atoms with E-state index in [1.165, 1.54) is 0 Å². The van der Waals surface area contributed by atoms with E-state index in [9.17, 15) is 4.79 Å². The SMILES string of the molecule is COc1ccc(-c2nn(CC(C)C)cc2C=O)c(OC)c1. The molecule has 0 unspecified atom stereocenters. The number of methoxy groups -OCH3 is 2. The third-order valence-electron chi connectivity index (χ3n) is 3.13. The summed E-state index contributed by atoms with van der Waals surface area (Å²) in [6, 6.07) is 5.46. The van der Waals surface area contributed by atoms with E-state index < -0.39 is 0 Å². The lowest BCUT2D eigenvalue weighted by molar-refractivity contribution is 0.112. The molecular weight excluding hydrogens is 268 g/mol. The third-order valence-corrected chi connectivity index (χ3v) is 3.13. The molecule has 1 aromatic heterocycles. The molecule has 0 aliphatic rings. The van der Waals surface area contributed by atoms with Crippen molar-refractivity contribution in [2.75, 3.05) is 14.2 Å². The highest BCUT2D eigenvalue weighted by atomic mass is 16.5. The summed E-state index contributed by atoms with van der Waals surface area (Å²) < 4.78 is 12.4. The number of hydrogen-bond acceptors (Lipinski definition) is 4. The summed E-state index contributed by atoms with van der Waals surface area (Å²) >= 11 is 0. The Morgan fingerprint density at radius 1 is 1.29 bits per heavy atom. The molecule has 0 aliphatic carbocycles. The van der Waals surface area contributed by atoms with Crippen LogP contribution in [0.2, 0.25) is 0 Å². The van der Waals surface area contributed by atoms with E-state index in [4.69, 9.17) is 9.47 Å². The van der Waals surface area contributed by atoms with Gasteiger partial charge in [-0.2, -0.15) is 5.10 Å². The zero-order valence-electron chi connectivity index (χ0n) is 12.8. The van der Waals surface area contributed by atoms with E-state index in [-0.39, 0.29) is 0 Å². The summed E-state index contributed by atoms with van der Waals surface area (Å²) in [4.78, 5) is 11.3. The van der Waals surface area contributed by atoms with Crippen molar-refractivity contribution >= 4 is 6.29 Å². The topological polar surface area (TPSA) is 53.4 Å². The van der Waals surface area contributed by atoms with Crippen LogP contribution in [0, 0.1) is 5.92 Å². The number of hydrogen-bond donors (Lipinski definition) is 0. The molecule has 0 spiro atoms. The number of nitrogens with zero attached hydrogens (tertiary/aromatic N) is 2. The van der Waals surface area contributed by atoms with Crippen LogP contribution in [-0.4, -0.2) is 30.3 Å². The Kier molecular flexibility index (Phi) is 4.62. The highest BCUT2D eigenvalue weighted by molar-refractivity contribution is 5.87. The largest absolute Gasteiger partial charge is 0.497 e. The maximum Gasteiger partial charge on any atom is 0.153 e. The van der Waals surface area contributed by atoms with Crippen LogP contribution in [-0.2, 0) is 6.54 Å². The fourth-order valence-electron chi connectivity index (χ4n) is 2.19. The second kappa shape index (κ2) is 6.43. The Labute approximate surface area is 124 Å². The normalized spacial score (nSPS) is 10.7. The average Bonchev–Trinajstić information content (AvgIpc) is 2.88. The van der Waals surface area contributed by atoms with Crippen LogP contribution in [0.4, 0.5) is 0 Å². The summed E-state index contributed by atoms with van der Waals surface area (Å²) in [5.41, 5.74) is 1.96. The lowest BCUT2D eigenvalue weighted by atomic mass is 10.1. The van der Waals surface area contributed by atoms with Crippen LogP contribution in [0.1, 0.15) is 24.2 Å². The molecule has 1 aromatic carbocycles. The molecule has 1 heterocycles. The van der Waals surface area contributed by atoms with Crippen molar-refractivity contribution in [1.82, 2.24) is 9.78 Å². The van der Waals surface area contributed by atoms with Gasteiger partial charge < -0.3 is 9.47 Å². The fourth-order valence-corrected chi connectivity index (χ4v) is 2.19. The molecule has 0 aliphatic heterocycles. The molecule has 0 atom stereocenters. The first-order chi connectivity index (χ1) is 10.1. The van der Waals surface area contributed by atoms with E-state index in [2.05, 4.69) is 18.9 Å². The summed E-state index contributed by atoms with van der Waals surface area (Å²) in [7, 11) is 3.19. The van der Waals surface area contributed by atoms with Crippen molar-refractivity contribution in [3.05, 3.63) is 30.0 Å². The van der Waals surface area contributed by atoms with Gasteiger partial charge in [-0.25, -0.2) is 0 Å². The lowest BCUT2D eigenvalue weighted by Crippen LogP contribution is -2.04. The molecule has 5 nitrogen and oxygen atoms in total. The van der Waals surface area contributed by atoms with Crippen molar-refractivity contribution in [2.45, 2.75) is 20.4 Å². The Bertz CT molecular complexity index is 632. The van der Waals surface area contributed by atoms with E-state index in [1.807, 2.05) is 12.1 Å². The minimum atomic E-state index is 0.454. The second-order valence-electron chi connectivity index (χ2n) is 5.23. The molecule has 0 N–H and O–H groups in total. The van der Waals surface area contributed by atoms with Crippen molar-refractivity contribution < 1.29 is 14.3 Å². The Morgan fingerprint density at radius 3 is 2.62 bits per heavy atom. The first-order valence-electron chi connectivity index (χ1n) is 6.84. The van der Waals surface area contributed by atoms with Crippen molar-refractivity contribution in [2.24, 2.45) is 5.92 Å². The maximum atomic E-state index is 11.3. The maximum absolute atomic E-state index is 11.3. The van der Waals surface area contributed by atoms with Gasteiger partial charge in [-0.05, 0) is 18.1 Å². The van der Waals surface area contributed by atoms with E-state index in [1.54, 1.807) is 31.2 Å². The molecule has 2 aromatic rings. The first-order valence-corrected chi connectivity index (χ1v) is 6.84. The summed E-state index contributed by atoms with van der Waals surface area (Å²) in [5.74, 6) is 1.78. The summed E-state index contributed by atoms with van der Waals surface area (Å²) in [6.45, 7) is 4.98. The van der Waals surface area contributed by atoms with E-state index >= 15 is 0 Å². The van der Waals surface area contributed by atoms with Gasteiger partial charge in [0.25, 0.3) is 0 Å². The molecule has 0 fully saturated rings. The van der Waals surface area contributed by atoms with Gasteiger partial charge in [0.05, 0.1) is 19.8 Å². The number of carbonyl (C=O) groups is 1. The Hall–Kier alpha value is -2.30. The number of carbonyl (C=O) groups excluding carboxylic acids is 1. The number of aromatic nitrogens is 2. The first kappa shape index (κ1) is 15.1. The number of rotatable bonds is 6. The van der Waals surface area contributed by atoms with Gasteiger partial charge in [-0.15, -0.1) is 0 Å². The number of benzene rings is 1. The molecule has 5 heteroatoms. The minimum absolute atomic E-state index is 0.454. The molecule has 0 radical (unpaired) electrons. The van der Waals surface area contributed by atoms with Gasteiger partial charge in [-0.3, -0.25) is 9.48 Å². The standard InChI is InChI=1S/C16H20N2O3/c1-11(2)8-18-9-12(10-19)16(17-18)14-6-5-13(20-3)7-15(14)21-4/h5-7,9-11H,8H2,1-4H3. The van der Waals surface area contributed by atoms with Crippen molar-refractivity contribution in [1.29, 1.82) is 0 Å². The lowest BCUT2D eigenvalue weighted by Gasteiger charge is -2.09. The van der Waals surface area contributed by atoms with E-state index in [0.29, 0.717) is 28.7 Å². The van der Waals surface area contributed by atoms with Gasteiger partial charge in [0.1, 0.15) is 17.2 Å². The van der Waals surface area contributed by atoms with Gasteiger partial charge >= 0.3 is 0 Å². The Balaban J connectivity index is 2.50. The average molecular weight is 288 g/mol. The smallest absolute Gasteiger partial charge is 0.153 e. The van der Waals surface area contributed by atoms with Crippen LogP contribution in [0.5, 0.6) is 11.5 Å². The van der Waals surface area contributed by atoms with E-state index in [0.717, 1.165) is 18.4 Å². The van der Waals surface area contributed by atoms with Gasteiger partial charge in [0, 0.05) is 24.4 Å². The zero-order chi connectivity index (χ0) is 15.4. The molecule has 21 heavy (non-hydrogen) atoms. The molecule has 0 saturated carbocycles.